The number of alkyl halides is 3. The van der Waals surface area contributed by atoms with Gasteiger partial charge in [-0.25, -0.2) is 9.78 Å². The molecule has 1 aliphatic carbocycles. The van der Waals surface area contributed by atoms with Crippen LogP contribution in [0.4, 0.5) is 23.8 Å². The number of benzene rings is 2. The lowest BCUT2D eigenvalue weighted by molar-refractivity contribution is -0.146. The molecule has 1 heterocycles. The van der Waals surface area contributed by atoms with E-state index in [1.54, 1.807) is 12.1 Å². The molecule has 1 fully saturated rings. The van der Waals surface area contributed by atoms with E-state index in [9.17, 15) is 22.8 Å². The third-order valence-corrected chi connectivity index (χ3v) is 11.5. The quantitative estimate of drug-likeness (QED) is 0.149. The Labute approximate surface area is 313 Å². The van der Waals surface area contributed by atoms with E-state index < -0.39 is 57.5 Å². The van der Waals surface area contributed by atoms with Crippen molar-refractivity contribution in [2.45, 2.75) is 109 Å². The van der Waals surface area contributed by atoms with E-state index in [1.165, 1.54) is 11.8 Å². The molecule has 4 rings (SSSR count). The van der Waals surface area contributed by atoms with Crippen molar-refractivity contribution in [3.05, 3.63) is 84.1 Å². The highest BCUT2D eigenvalue weighted by atomic mass is 28.3. The summed E-state index contributed by atoms with van der Waals surface area (Å²) >= 11 is 0. The molecular formula is C40H55F3N5O4Si. The first-order valence-corrected chi connectivity index (χ1v) is 19.7. The van der Waals surface area contributed by atoms with Crippen molar-refractivity contribution in [3.63, 3.8) is 0 Å². The van der Waals surface area contributed by atoms with Crippen LogP contribution in [0.15, 0.2) is 72.9 Å². The normalized spacial score (nSPS) is 18.6. The maximum atomic E-state index is 13.8. The first-order valence-electron chi connectivity index (χ1n) is 18.3. The van der Waals surface area contributed by atoms with E-state index in [0.29, 0.717) is 11.5 Å². The lowest BCUT2D eigenvalue weighted by Crippen LogP contribution is -2.49. The molecule has 0 spiro atoms. The summed E-state index contributed by atoms with van der Waals surface area (Å²) in [6.07, 6.45) is -1.61. The van der Waals surface area contributed by atoms with Crippen molar-refractivity contribution in [3.8, 4) is 0 Å². The van der Waals surface area contributed by atoms with E-state index in [2.05, 4.69) is 72.9 Å². The van der Waals surface area contributed by atoms with Gasteiger partial charge in [-0.05, 0) is 78.6 Å². The maximum absolute atomic E-state index is 13.8. The predicted molar refractivity (Wildman–Crippen MR) is 204 cm³/mol. The van der Waals surface area contributed by atoms with Gasteiger partial charge >= 0.3 is 12.3 Å². The molecule has 0 saturated heterocycles. The zero-order valence-corrected chi connectivity index (χ0v) is 32.8. The summed E-state index contributed by atoms with van der Waals surface area (Å²) in [4.78, 5) is 30.9. The van der Waals surface area contributed by atoms with Crippen LogP contribution in [0.3, 0.4) is 0 Å². The number of nitrogens with two attached hydrogens (primary N) is 1. The number of rotatable bonds is 13. The average Bonchev–Trinajstić information content (AvgIpc) is 3.08. The summed E-state index contributed by atoms with van der Waals surface area (Å²) < 4.78 is 53.0. The van der Waals surface area contributed by atoms with Crippen molar-refractivity contribution < 1.29 is 31.9 Å². The molecule has 13 heteroatoms. The molecule has 1 aliphatic rings. The SMILES string of the molecule is CC1CCC(C(OC(=O)NC(C)(C)C)C(=O)Nc2cc(C(CO[Si](c3ccccc3)c3ccc(C(C)(C)C)cc3)NC[C@H](N)C(F)(F)F)ccn2)CC1. The fraction of sp³-hybridized carbons (Fsp3) is 0.525. The predicted octanol–water partition coefficient (Wildman–Crippen LogP) is 6.38. The third kappa shape index (κ3) is 12.9. The Balaban J connectivity index is 1.60. The molecule has 0 bridgehead atoms. The number of carbonyl (C=O) groups is 2. The molecular weight excluding hydrogens is 700 g/mol. The van der Waals surface area contributed by atoms with Crippen LogP contribution in [0, 0.1) is 11.8 Å². The molecule has 2 aromatic carbocycles. The Morgan fingerprint density at radius 3 is 2.13 bits per heavy atom. The van der Waals surface area contributed by atoms with Crippen molar-refractivity contribution in [1.29, 1.82) is 0 Å². The number of aromatic nitrogens is 1. The number of ether oxygens (including phenoxy) is 1. The Morgan fingerprint density at radius 2 is 1.55 bits per heavy atom. The van der Waals surface area contributed by atoms with Crippen LogP contribution < -0.4 is 32.1 Å². The lowest BCUT2D eigenvalue weighted by atomic mass is 9.80. The van der Waals surface area contributed by atoms with Gasteiger partial charge in [-0.1, -0.05) is 95.1 Å². The second kappa shape index (κ2) is 18.0. The zero-order chi connectivity index (χ0) is 39.0. The van der Waals surface area contributed by atoms with Gasteiger partial charge in [0.05, 0.1) is 12.6 Å². The van der Waals surface area contributed by atoms with Gasteiger partial charge in [0.1, 0.15) is 11.9 Å². The molecule has 2 amide bonds. The van der Waals surface area contributed by atoms with E-state index in [4.69, 9.17) is 14.9 Å². The maximum Gasteiger partial charge on any atom is 0.408 e. The molecule has 9 nitrogen and oxygen atoms in total. The first-order chi connectivity index (χ1) is 24.8. The summed E-state index contributed by atoms with van der Waals surface area (Å²) in [5.41, 5.74) is 6.62. The zero-order valence-electron chi connectivity index (χ0n) is 31.8. The summed E-state index contributed by atoms with van der Waals surface area (Å²) in [6.45, 7) is 13.5. The van der Waals surface area contributed by atoms with Crippen LogP contribution in [0.5, 0.6) is 0 Å². The van der Waals surface area contributed by atoms with Gasteiger partial charge in [-0.3, -0.25) is 4.79 Å². The van der Waals surface area contributed by atoms with E-state index in [0.717, 1.165) is 36.1 Å². The van der Waals surface area contributed by atoms with Gasteiger partial charge in [0, 0.05) is 24.2 Å². The van der Waals surface area contributed by atoms with Crippen LogP contribution in [0.1, 0.15) is 91.3 Å². The van der Waals surface area contributed by atoms with Crippen LogP contribution in [0.2, 0.25) is 0 Å². The molecule has 5 N–H and O–H groups in total. The van der Waals surface area contributed by atoms with Crippen molar-refractivity contribution >= 4 is 37.2 Å². The van der Waals surface area contributed by atoms with E-state index in [-0.39, 0.29) is 23.8 Å². The molecule has 3 atom stereocenters. The Kier molecular flexibility index (Phi) is 14.3. The standard InChI is InChI=1S/C40H55F3N5O4Si/c1-26-13-15-27(16-14-26)35(52-37(50)48-39(5,6)7)36(49)47-34-23-28(21-22-45-34)32(46-24-33(44)40(41,42)43)25-51-53(30-11-9-8-10-12-30)31-19-17-29(18-20-31)38(2,3)4/h8-12,17-23,26-27,32-33,35,46H,13-16,24-25,44H2,1-7H3,(H,48,50)(H,45,47,49)/t26?,27?,32?,33-,35?/m0/s1. The highest BCUT2D eigenvalue weighted by molar-refractivity contribution is 6.80. The highest BCUT2D eigenvalue weighted by Gasteiger charge is 2.38. The van der Waals surface area contributed by atoms with Crippen LogP contribution in [-0.4, -0.2) is 63.0 Å². The molecule has 3 aromatic rings. The van der Waals surface area contributed by atoms with Gasteiger partial charge in [0.2, 0.25) is 0 Å². The van der Waals surface area contributed by atoms with Crippen molar-refractivity contribution in [2.24, 2.45) is 17.6 Å². The first kappa shape index (κ1) is 42.0. The Bertz CT molecular complexity index is 1620. The van der Waals surface area contributed by atoms with Gasteiger partial charge in [0.25, 0.3) is 14.9 Å². The second-order valence-electron chi connectivity index (χ2n) is 16.1. The highest BCUT2D eigenvalue weighted by Crippen LogP contribution is 2.32. The molecule has 2 unspecified atom stereocenters. The fourth-order valence-corrected chi connectivity index (χ4v) is 8.17. The number of anilines is 1. The molecule has 0 aliphatic heterocycles. The molecule has 1 radical (unpaired) electrons. The second-order valence-corrected chi connectivity index (χ2v) is 18.2. The third-order valence-electron chi connectivity index (χ3n) is 9.34. The largest absolute Gasteiger partial charge is 0.436 e. The monoisotopic (exact) mass is 754 g/mol. The number of carbonyl (C=O) groups excluding carboxylic acids is 2. The molecule has 1 aromatic heterocycles. The van der Waals surface area contributed by atoms with Crippen LogP contribution >= 0.6 is 0 Å². The molecule has 289 valence electrons. The number of halogens is 3. The van der Waals surface area contributed by atoms with Crippen LogP contribution in [0.25, 0.3) is 0 Å². The lowest BCUT2D eigenvalue weighted by Gasteiger charge is -2.32. The van der Waals surface area contributed by atoms with Gasteiger partial charge < -0.3 is 30.8 Å². The van der Waals surface area contributed by atoms with Gasteiger partial charge in [-0.2, -0.15) is 13.2 Å². The Hall–Kier alpha value is -3.78. The number of alkyl carbamates (subject to hydrolysis) is 1. The number of pyridine rings is 1. The Morgan fingerprint density at radius 1 is 0.925 bits per heavy atom. The molecule has 53 heavy (non-hydrogen) atoms. The minimum absolute atomic E-state index is 0.00512. The summed E-state index contributed by atoms with van der Waals surface area (Å²) in [6, 6.07) is 18.4. The van der Waals surface area contributed by atoms with Gasteiger partial charge in [0.15, 0.2) is 6.10 Å². The topological polar surface area (TPSA) is 128 Å². The summed E-state index contributed by atoms with van der Waals surface area (Å²) in [5, 5.41) is 10.5. The van der Waals surface area contributed by atoms with Crippen molar-refractivity contribution in [1.82, 2.24) is 15.6 Å². The molecule has 1 saturated carbocycles. The average molecular weight is 755 g/mol. The smallest absolute Gasteiger partial charge is 0.408 e. The minimum Gasteiger partial charge on any atom is -0.436 e. The summed E-state index contributed by atoms with van der Waals surface area (Å²) in [5.74, 6) is -0.0191. The number of nitrogens with one attached hydrogen (secondary N) is 3. The van der Waals surface area contributed by atoms with Crippen LogP contribution in [-0.2, 0) is 19.4 Å². The number of hydrogen-bond donors (Lipinski definition) is 4. The summed E-state index contributed by atoms with van der Waals surface area (Å²) in [7, 11) is -1.84. The van der Waals surface area contributed by atoms with E-state index in [1.807, 2.05) is 51.1 Å². The van der Waals surface area contributed by atoms with E-state index >= 15 is 0 Å². The fourth-order valence-electron chi connectivity index (χ4n) is 6.20. The van der Waals surface area contributed by atoms with Gasteiger partial charge in [-0.15, -0.1) is 0 Å². The van der Waals surface area contributed by atoms with Crippen molar-refractivity contribution in [2.75, 3.05) is 18.5 Å². The minimum atomic E-state index is -4.60. The number of nitrogens with zero attached hydrogens (tertiary/aromatic N) is 1. The number of hydrogen-bond acceptors (Lipinski definition) is 7. The number of amides is 2.